The lowest BCUT2D eigenvalue weighted by molar-refractivity contribution is -0.113. The van der Waals surface area contributed by atoms with Crippen LogP contribution in [-0.2, 0) is 10.5 Å². The molecule has 1 amide bonds. The molecule has 1 aliphatic heterocycles. The molecule has 0 aliphatic carbocycles. The van der Waals surface area contributed by atoms with Gasteiger partial charge in [-0.1, -0.05) is 47.7 Å². The highest BCUT2D eigenvalue weighted by Gasteiger charge is 2.31. The molecule has 1 aliphatic rings. The number of methoxy groups -OCH3 is 2. The van der Waals surface area contributed by atoms with E-state index in [1.807, 2.05) is 55.5 Å². The van der Waals surface area contributed by atoms with E-state index in [2.05, 4.69) is 43.5 Å². The lowest BCUT2D eigenvalue weighted by Crippen LogP contribution is -2.32. The topological polar surface area (TPSA) is 72.0 Å². The Bertz CT molecular complexity index is 1340. The fourth-order valence-corrected chi connectivity index (χ4v) is 5.72. The van der Waals surface area contributed by atoms with Crippen molar-refractivity contribution >= 4 is 28.5 Å². The highest BCUT2D eigenvalue weighted by atomic mass is 32.2. The number of hydrogen-bond donors (Lipinski definition) is 2. The molecule has 3 aromatic carbocycles. The molecule has 0 saturated carbocycles. The molecule has 0 fully saturated rings. The number of amidine groups is 1. The van der Waals surface area contributed by atoms with Crippen molar-refractivity contribution in [2.75, 3.05) is 19.5 Å². The molecule has 0 bridgehead atoms. The molecule has 2 N–H and O–H groups in total. The van der Waals surface area contributed by atoms with Crippen LogP contribution in [0.5, 0.6) is 11.5 Å². The van der Waals surface area contributed by atoms with Gasteiger partial charge in [0.1, 0.15) is 17.5 Å². The number of aliphatic imine (C=N–C) groups is 1. The number of nitrogens with zero attached hydrogens (tertiary/aromatic N) is 1. The molecule has 1 heterocycles. The van der Waals surface area contributed by atoms with E-state index in [0.29, 0.717) is 17.1 Å². The van der Waals surface area contributed by atoms with Gasteiger partial charge in [0.2, 0.25) is 0 Å². The Labute approximate surface area is 223 Å². The van der Waals surface area contributed by atoms with Crippen molar-refractivity contribution in [3.05, 3.63) is 99.8 Å². The van der Waals surface area contributed by atoms with E-state index in [1.54, 1.807) is 26.0 Å². The van der Waals surface area contributed by atoms with E-state index >= 15 is 0 Å². The van der Waals surface area contributed by atoms with E-state index in [9.17, 15) is 4.79 Å². The molecular weight excluding hydrogens is 482 g/mol. The predicted molar refractivity (Wildman–Crippen MR) is 153 cm³/mol. The van der Waals surface area contributed by atoms with Gasteiger partial charge in [-0.15, -0.1) is 0 Å². The van der Waals surface area contributed by atoms with Crippen molar-refractivity contribution in [3.8, 4) is 11.5 Å². The number of para-hydroxylation sites is 1. The minimum Gasteiger partial charge on any atom is -0.497 e. The third-order valence-electron chi connectivity index (χ3n) is 6.42. The zero-order valence-electron chi connectivity index (χ0n) is 22.1. The Kier molecular flexibility index (Phi) is 8.24. The predicted octanol–water partition coefficient (Wildman–Crippen LogP) is 6.48. The molecule has 0 radical (unpaired) electrons. The van der Waals surface area contributed by atoms with Gasteiger partial charge in [0.05, 0.1) is 19.8 Å². The first-order valence-electron chi connectivity index (χ1n) is 12.1. The molecule has 4 rings (SSSR count). The Hall–Kier alpha value is -3.71. The van der Waals surface area contributed by atoms with E-state index in [-0.39, 0.29) is 5.91 Å². The maximum Gasteiger partial charge on any atom is 0.255 e. The SMILES string of the molecule is COc1ccc([C@@H]2N=C(SCc3c(C)cc(C)cc3C)NC(C)=C2C(=O)Nc2ccccc2)c(OC)c1. The summed E-state index contributed by atoms with van der Waals surface area (Å²) in [6, 6.07) is 18.9. The zero-order valence-corrected chi connectivity index (χ0v) is 23.0. The molecule has 1 atom stereocenters. The first-order valence-corrected chi connectivity index (χ1v) is 13.1. The second kappa shape index (κ2) is 11.6. The second-order valence-electron chi connectivity index (χ2n) is 9.09. The van der Waals surface area contributed by atoms with Gasteiger partial charge in [-0.25, -0.2) is 4.99 Å². The van der Waals surface area contributed by atoms with Crippen molar-refractivity contribution in [2.45, 2.75) is 39.5 Å². The lowest BCUT2D eigenvalue weighted by atomic mass is 9.95. The Morgan fingerprint density at radius 1 is 0.973 bits per heavy atom. The van der Waals surface area contributed by atoms with Gasteiger partial charge in [-0.05, 0) is 68.7 Å². The van der Waals surface area contributed by atoms with Crippen LogP contribution in [0.1, 0.15) is 40.8 Å². The summed E-state index contributed by atoms with van der Waals surface area (Å²) >= 11 is 1.63. The number of hydrogen-bond acceptors (Lipinski definition) is 6. The monoisotopic (exact) mass is 515 g/mol. The number of ether oxygens (including phenoxy) is 2. The number of carbonyl (C=O) groups excluding carboxylic acids is 1. The van der Waals surface area contributed by atoms with Crippen molar-refractivity contribution in [1.29, 1.82) is 0 Å². The standard InChI is InChI=1S/C30H33N3O3S/c1-18-14-19(2)25(20(3)15-18)17-37-30-31-21(4)27(29(34)32-22-10-8-7-9-11-22)28(33-30)24-13-12-23(35-5)16-26(24)36-6/h7-16,28H,17H2,1-6H3,(H,31,33)(H,32,34)/t28-/m0/s1. The lowest BCUT2D eigenvalue weighted by Gasteiger charge is -2.27. The normalized spacial score (nSPS) is 15.1. The molecule has 0 aromatic heterocycles. The molecule has 7 heteroatoms. The number of allylic oxidation sites excluding steroid dienone is 1. The van der Waals surface area contributed by atoms with Gasteiger partial charge in [0.15, 0.2) is 5.17 Å². The van der Waals surface area contributed by atoms with Gasteiger partial charge < -0.3 is 20.1 Å². The summed E-state index contributed by atoms with van der Waals surface area (Å²) in [4.78, 5) is 18.6. The second-order valence-corrected chi connectivity index (χ2v) is 10.1. The molecular formula is C30H33N3O3S. The van der Waals surface area contributed by atoms with Crippen LogP contribution in [0.4, 0.5) is 5.69 Å². The van der Waals surface area contributed by atoms with Crippen LogP contribution >= 0.6 is 11.8 Å². The molecule has 0 unspecified atom stereocenters. The highest BCUT2D eigenvalue weighted by molar-refractivity contribution is 8.13. The maximum absolute atomic E-state index is 13.5. The summed E-state index contributed by atoms with van der Waals surface area (Å²) in [5, 5.41) is 7.16. The molecule has 0 spiro atoms. The number of anilines is 1. The number of nitrogens with one attached hydrogen (secondary N) is 2. The van der Waals surface area contributed by atoms with Gasteiger partial charge in [-0.3, -0.25) is 4.79 Å². The van der Waals surface area contributed by atoms with E-state index in [1.165, 1.54) is 22.3 Å². The zero-order chi connectivity index (χ0) is 26.5. The fraction of sp³-hybridized carbons (Fsp3) is 0.267. The highest BCUT2D eigenvalue weighted by Crippen LogP contribution is 2.39. The number of rotatable bonds is 7. The fourth-order valence-electron chi connectivity index (χ4n) is 4.58. The first kappa shape index (κ1) is 26.4. The van der Waals surface area contributed by atoms with Crippen LogP contribution in [0, 0.1) is 20.8 Å². The summed E-state index contributed by atoms with van der Waals surface area (Å²) in [6.07, 6.45) is 0. The minimum atomic E-state index is -0.548. The van der Waals surface area contributed by atoms with Crippen molar-refractivity contribution in [1.82, 2.24) is 5.32 Å². The van der Waals surface area contributed by atoms with Gasteiger partial charge in [0, 0.05) is 28.8 Å². The number of amides is 1. The summed E-state index contributed by atoms with van der Waals surface area (Å²) < 4.78 is 11.1. The molecule has 3 aromatic rings. The largest absolute Gasteiger partial charge is 0.497 e. The molecule has 0 saturated heterocycles. The molecule has 6 nitrogen and oxygen atoms in total. The number of benzene rings is 3. The van der Waals surface area contributed by atoms with Crippen LogP contribution in [-0.4, -0.2) is 25.3 Å². The Morgan fingerprint density at radius 3 is 2.32 bits per heavy atom. The first-order chi connectivity index (χ1) is 17.8. The molecule has 37 heavy (non-hydrogen) atoms. The Morgan fingerprint density at radius 2 is 1.68 bits per heavy atom. The number of carbonyl (C=O) groups is 1. The van der Waals surface area contributed by atoms with Crippen LogP contribution in [0.3, 0.4) is 0 Å². The van der Waals surface area contributed by atoms with Crippen molar-refractivity contribution in [2.24, 2.45) is 4.99 Å². The van der Waals surface area contributed by atoms with Crippen LogP contribution < -0.4 is 20.1 Å². The van der Waals surface area contributed by atoms with Crippen LogP contribution in [0.2, 0.25) is 0 Å². The van der Waals surface area contributed by atoms with Crippen LogP contribution in [0.15, 0.2) is 76.9 Å². The third kappa shape index (κ3) is 6.00. The minimum absolute atomic E-state index is 0.211. The van der Waals surface area contributed by atoms with E-state index < -0.39 is 6.04 Å². The number of thioether (sulfide) groups is 1. The van der Waals surface area contributed by atoms with E-state index in [4.69, 9.17) is 14.5 Å². The average Bonchev–Trinajstić information content (AvgIpc) is 2.87. The summed E-state index contributed by atoms with van der Waals surface area (Å²) in [5.74, 6) is 1.85. The van der Waals surface area contributed by atoms with Gasteiger partial charge in [-0.2, -0.15) is 0 Å². The number of aryl methyl sites for hydroxylation is 3. The van der Waals surface area contributed by atoms with Crippen LogP contribution in [0.25, 0.3) is 0 Å². The van der Waals surface area contributed by atoms with Crippen molar-refractivity contribution in [3.63, 3.8) is 0 Å². The smallest absolute Gasteiger partial charge is 0.255 e. The van der Waals surface area contributed by atoms with E-state index in [0.717, 1.165) is 27.9 Å². The van der Waals surface area contributed by atoms with Crippen molar-refractivity contribution < 1.29 is 14.3 Å². The maximum atomic E-state index is 13.5. The van der Waals surface area contributed by atoms with Gasteiger partial charge in [0.25, 0.3) is 5.91 Å². The quantitative estimate of drug-likeness (QED) is 0.377. The third-order valence-corrected chi connectivity index (χ3v) is 7.34. The van der Waals surface area contributed by atoms with Gasteiger partial charge >= 0.3 is 0 Å². The summed E-state index contributed by atoms with van der Waals surface area (Å²) in [7, 11) is 3.23. The summed E-state index contributed by atoms with van der Waals surface area (Å²) in [5.41, 5.74) is 7.91. The average molecular weight is 516 g/mol. The Balaban J connectivity index is 1.70. The summed E-state index contributed by atoms with van der Waals surface area (Å²) in [6.45, 7) is 8.33. The molecule has 192 valence electrons.